The van der Waals surface area contributed by atoms with Crippen molar-refractivity contribution in [2.45, 2.75) is 38.2 Å². The number of nitrogens with zero attached hydrogens (tertiary/aromatic N) is 2. The largest absolute Gasteiger partial charge is 0.349 e. The lowest BCUT2D eigenvalue weighted by atomic mass is 10.1. The van der Waals surface area contributed by atoms with Crippen LogP contribution in [0.15, 0.2) is 40.1 Å². The van der Waals surface area contributed by atoms with E-state index in [9.17, 15) is 18.0 Å². The molecule has 1 heterocycles. The van der Waals surface area contributed by atoms with Crippen molar-refractivity contribution < 1.29 is 18.0 Å². The van der Waals surface area contributed by atoms with Crippen LogP contribution < -0.4 is 10.6 Å². The summed E-state index contributed by atoms with van der Waals surface area (Å²) in [7, 11) is 0. The Morgan fingerprint density at radius 3 is 2.77 bits per heavy atom. The zero-order valence-corrected chi connectivity index (χ0v) is 18.3. The summed E-state index contributed by atoms with van der Waals surface area (Å²) in [5.41, 5.74) is 0.991. The number of aromatic nitrogens is 2. The molecule has 2 aromatic rings. The minimum Gasteiger partial charge on any atom is -0.349 e. The van der Waals surface area contributed by atoms with Crippen LogP contribution in [0.2, 0.25) is 0 Å². The average Bonchev–Trinajstić information content (AvgIpc) is 3.59. The average molecular weight is 496 g/mol. The fraction of sp³-hybridized carbons (Fsp3) is 0.381. The van der Waals surface area contributed by atoms with E-state index in [0.29, 0.717) is 27.5 Å². The number of carbonyl (C=O) groups excluding carboxylic acids is 1. The van der Waals surface area contributed by atoms with Crippen molar-refractivity contribution in [2.75, 3.05) is 6.54 Å². The molecule has 0 aliphatic heterocycles. The molecule has 10 heteroatoms. The number of carbonyl (C=O) groups is 1. The first-order valence-electron chi connectivity index (χ1n) is 9.94. The zero-order chi connectivity index (χ0) is 22.2. The van der Waals surface area contributed by atoms with Crippen LogP contribution in [-0.2, 0) is 0 Å². The van der Waals surface area contributed by atoms with Gasteiger partial charge in [-0.15, -0.1) is 0 Å². The summed E-state index contributed by atoms with van der Waals surface area (Å²) in [5.74, 6) is -3.87. The second kappa shape index (κ2) is 8.49. The normalized spacial score (nSPS) is 20.5. The van der Waals surface area contributed by atoms with Crippen molar-refractivity contribution in [3.05, 3.63) is 52.3 Å². The number of hydrogen-bond acceptors (Lipinski definition) is 3. The molecule has 1 aromatic carbocycles. The summed E-state index contributed by atoms with van der Waals surface area (Å²) >= 11 is 3.32. The van der Waals surface area contributed by atoms with E-state index in [0.717, 1.165) is 12.8 Å². The first-order valence-corrected chi connectivity index (χ1v) is 10.7. The molecular formula is C21H21BrF3N5O. The lowest BCUT2D eigenvalue weighted by Gasteiger charge is -2.08. The highest BCUT2D eigenvalue weighted by molar-refractivity contribution is 9.11. The number of amidine groups is 1. The van der Waals surface area contributed by atoms with Gasteiger partial charge in [0.15, 0.2) is 11.7 Å². The Hall–Kier alpha value is -2.62. The van der Waals surface area contributed by atoms with E-state index in [2.05, 4.69) is 41.5 Å². The van der Waals surface area contributed by atoms with Crippen LogP contribution >= 0.6 is 15.9 Å². The Bertz CT molecular complexity index is 1060. The van der Waals surface area contributed by atoms with E-state index in [-0.39, 0.29) is 24.6 Å². The van der Waals surface area contributed by atoms with Crippen molar-refractivity contribution in [2.24, 2.45) is 10.9 Å². The molecule has 6 nitrogen and oxygen atoms in total. The van der Waals surface area contributed by atoms with Gasteiger partial charge in [-0.2, -0.15) is 0 Å². The summed E-state index contributed by atoms with van der Waals surface area (Å²) in [5, 5.41) is 5.74. The number of benzene rings is 1. The lowest BCUT2D eigenvalue weighted by molar-refractivity contribution is 0.0946. The van der Waals surface area contributed by atoms with Gasteiger partial charge >= 0.3 is 0 Å². The van der Waals surface area contributed by atoms with E-state index in [1.165, 1.54) is 18.3 Å². The summed E-state index contributed by atoms with van der Waals surface area (Å²) in [6.07, 6.45) is 4.91. The van der Waals surface area contributed by atoms with Crippen LogP contribution in [-0.4, -0.2) is 40.2 Å². The number of aliphatic imine (C=N–C) groups is 1. The number of amides is 1. The lowest BCUT2D eigenvalue weighted by Crippen LogP contribution is -2.26. The summed E-state index contributed by atoms with van der Waals surface area (Å²) in [6, 6.07) is 4.45. The molecule has 2 saturated carbocycles. The SMILES string of the molecule is C/C=C(/Br)NC(=NCC1CC1(F)F)c1ncc(-c2ccc(C(=O)NC3CC3)c(F)c2)[nH]1. The molecule has 4 rings (SSSR count). The molecule has 3 N–H and O–H groups in total. The predicted molar refractivity (Wildman–Crippen MR) is 115 cm³/mol. The van der Waals surface area contributed by atoms with E-state index in [1.807, 2.05) is 0 Å². The number of hydrogen-bond donors (Lipinski definition) is 3. The molecule has 31 heavy (non-hydrogen) atoms. The standard InChI is InChI=1S/C21H21BrF3N5O/c1-2-17(22)30-19(26-9-12-8-21(12,24)25)18-27-10-16(29-18)11-3-6-14(15(23)7-11)20(31)28-13-4-5-13/h2-3,6-7,10,12-13H,4-5,8-9H2,1H3,(H,26,30)(H,27,29)(H,28,31)/b17-2-. The molecule has 0 saturated heterocycles. The first kappa shape index (κ1) is 21.6. The molecule has 1 amide bonds. The van der Waals surface area contributed by atoms with Crippen LogP contribution in [0.4, 0.5) is 13.2 Å². The van der Waals surface area contributed by atoms with Crippen LogP contribution in [0.3, 0.4) is 0 Å². The molecule has 2 aliphatic carbocycles. The van der Waals surface area contributed by atoms with Gasteiger partial charge in [0.25, 0.3) is 11.8 Å². The van der Waals surface area contributed by atoms with Crippen molar-refractivity contribution in [3.8, 4) is 11.3 Å². The fourth-order valence-electron chi connectivity index (χ4n) is 2.97. The second-order valence-corrected chi connectivity index (χ2v) is 8.56. The van der Waals surface area contributed by atoms with Gasteiger partial charge in [0.05, 0.1) is 28.6 Å². The van der Waals surface area contributed by atoms with E-state index in [1.54, 1.807) is 19.1 Å². The summed E-state index contributed by atoms with van der Waals surface area (Å²) < 4.78 is 41.5. The fourth-order valence-corrected chi connectivity index (χ4v) is 3.16. The monoisotopic (exact) mass is 495 g/mol. The van der Waals surface area contributed by atoms with Gasteiger partial charge in [0.2, 0.25) is 0 Å². The van der Waals surface area contributed by atoms with Crippen molar-refractivity contribution >= 4 is 27.7 Å². The molecule has 1 aromatic heterocycles. The minimum absolute atomic E-state index is 0.0123. The topological polar surface area (TPSA) is 82.2 Å². The van der Waals surface area contributed by atoms with Crippen molar-refractivity contribution in [3.63, 3.8) is 0 Å². The molecule has 1 atom stereocenters. The number of imidazole rings is 1. The van der Waals surface area contributed by atoms with E-state index < -0.39 is 23.6 Å². The summed E-state index contributed by atoms with van der Waals surface area (Å²) in [4.78, 5) is 23.7. The highest BCUT2D eigenvalue weighted by Gasteiger charge is 2.56. The van der Waals surface area contributed by atoms with Gasteiger partial charge in [-0.25, -0.2) is 18.2 Å². The Morgan fingerprint density at radius 1 is 1.42 bits per heavy atom. The van der Waals surface area contributed by atoms with Gasteiger partial charge < -0.3 is 15.6 Å². The Balaban J connectivity index is 1.53. The number of aromatic amines is 1. The van der Waals surface area contributed by atoms with Gasteiger partial charge in [-0.3, -0.25) is 9.79 Å². The van der Waals surface area contributed by atoms with E-state index >= 15 is 0 Å². The van der Waals surface area contributed by atoms with Crippen molar-refractivity contribution in [1.29, 1.82) is 0 Å². The molecule has 0 spiro atoms. The molecule has 0 radical (unpaired) electrons. The predicted octanol–water partition coefficient (Wildman–Crippen LogP) is 4.36. The number of rotatable bonds is 7. The number of H-pyrrole nitrogens is 1. The van der Waals surface area contributed by atoms with Gasteiger partial charge in [-0.05, 0) is 47.8 Å². The number of halogens is 4. The van der Waals surface area contributed by atoms with Gasteiger partial charge in [0, 0.05) is 23.9 Å². The maximum atomic E-state index is 14.5. The highest BCUT2D eigenvalue weighted by atomic mass is 79.9. The van der Waals surface area contributed by atoms with Gasteiger partial charge in [0.1, 0.15) is 5.82 Å². The van der Waals surface area contributed by atoms with Crippen LogP contribution in [0.5, 0.6) is 0 Å². The number of alkyl halides is 2. The maximum absolute atomic E-state index is 14.5. The molecule has 0 bridgehead atoms. The molecule has 1 unspecified atom stereocenters. The van der Waals surface area contributed by atoms with Gasteiger partial charge in [-0.1, -0.05) is 12.1 Å². The number of nitrogens with one attached hydrogen (secondary N) is 3. The molecule has 2 fully saturated rings. The Morgan fingerprint density at radius 2 is 2.16 bits per heavy atom. The second-order valence-electron chi connectivity index (χ2n) is 7.70. The third-order valence-electron chi connectivity index (χ3n) is 5.15. The highest BCUT2D eigenvalue weighted by Crippen LogP contribution is 2.48. The molecule has 2 aliphatic rings. The molecule has 164 valence electrons. The molecular weight excluding hydrogens is 475 g/mol. The van der Waals surface area contributed by atoms with Crippen LogP contribution in [0.1, 0.15) is 42.4 Å². The summed E-state index contributed by atoms with van der Waals surface area (Å²) in [6.45, 7) is 1.76. The van der Waals surface area contributed by atoms with Crippen LogP contribution in [0.25, 0.3) is 11.3 Å². The quantitative estimate of drug-likeness (QED) is 0.303. The smallest absolute Gasteiger partial charge is 0.254 e. The Kier molecular flexibility index (Phi) is 5.92. The van der Waals surface area contributed by atoms with Crippen molar-refractivity contribution in [1.82, 2.24) is 20.6 Å². The van der Waals surface area contributed by atoms with E-state index in [4.69, 9.17) is 0 Å². The third kappa shape index (κ3) is 5.17. The maximum Gasteiger partial charge on any atom is 0.254 e. The zero-order valence-electron chi connectivity index (χ0n) is 16.7. The van der Waals surface area contributed by atoms with Crippen LogP contribution in [0, 0.1) is 11.7 Å². The number of allylic oxidation sites excluding steroid dienone is 1. The first-order chi connectivity index (χ1) is 14.8. The third-order valence-corrected chi connectivity index (χ3v) is 5.81. The minimum atomic E-state index is -2.66. The Labute approximate surface area is 185 Å².